The zero-order valence-electron chi connectivity index (χ0n) is 15.6. The molecule has 5 heteroatoms. The van der Waals surface area contributed by atoms with E-state index in [2.05, 4.69) is 21.2 Å². The summed E-state index contributed by atoms with van der Waals surface area (Å²) in [6.45, 7) is 0.214. The van der Waals surface area contributed by atoms with Gasteiger partial charge in [0.15, 0.2) is 0 Å². The molecule has 2 heterocycles. The van der Waals surface area contributed by atoms with E-state index in [4.69, 9.17) is 11.2 Å². The Labute approximate surface area is 169 Å². The normalized spacial score (nSPS) is 11.6. The van der Waals surface area contributed by atoms with Crippen LogP contribution in [0.15, 0.2) is 79.1 Å². The Morgan fingerprint density at radius 1 is 0.966 bits per heavy atom. The lowest BCUT2D eigenvalue weighted by molar-refractivity contribution is 0.370. The van der Waals surface area contributed by atoms with E-state index in [-0.39, 0.29) is 18.4 Å². The smallest absolute Gasteiger partial charge is 0.148 e. The maximum absolute atomic E-state index is 11.0. The van der Waals surface area contributed by atoms with Crippen LogP contribution >= 0.6 is 0 Å². The fourth-order valence-corrected chi connectivity index (χ4v) is 3.20. The van der Waals surface area contributed by atoms with Crippen LogP contribution in [-0.2, 0) is 0 Å². The topological polar surface area (TPSA) is 67.3 Å². The van der Waals surface area contributed by atoms with Gasteiger partial charge in [-0.15, -0.1) is 6.42 Å². The van der Waals surface area contributed by atoms with Crippen LogP contribution in [0.2, 0.25) is 0 Å². The SMILES string of the molecule is C#CCOc1ccc([C@H](Nc2ccccn2)c2ccc3cccnc3c2O)cc1. The number of rotatable bonds is 6. The molecule has 0 fully saturated rings. The van der Waals surface area contributed by atoms with Gasteiger partial charge in [-0.3, -0.25) is 4.98 Å². The van der Waals surface area contributed by atoms with Crippen molar-refractivity contribution in [1.82, 2.24) is 9.97 Å². The number of nitrogens with zero attached hydrogens (tertiary/aromatic N) is 2. The van der Waals surface area contributed by atoms with Gasteiger partial charge in [-0.25, -0.2) is 4.98 Å². The second-order valence-corrected chi connectivity index (χ2v) is 6.43. The van der Waals surface area contributed by atoms with E-state index in [1.807, 2.05) is 66.7 Å². The number of pyridine rings is 2. The van der Waals surface area contributed by atoms with E-state index < -0.39 is 0 Å². The van der Waals surface area contributed by atoms with Crippen molar-refractivity contribution in [3.63, 3.8) is 0 Å². The summed E-state index contributed by atoms with van der Waals surface area (Å²) in [5.74, 6) is 3.98. The Kier molecular flexibility index (Phi) is 5.26. The number of hydrogen-bond acceptors (Lipinski definition) is 5. The molecule has 142 valence electrons. The van der Waals surface area contributed by atoms with Crippen molar-refractivity contribution in [2.24, 2.45) is 0 Å². The molecule has 5 nitrogen and oxygen atoms in total. The van der Waals surface area contributed by atoms with Crippen molar-refractivity contribution in [2.45, 2.75) is 6.04 Å². The fourth-order valence-electron chi connectivity index (χ4n) is 3.20. The first-order chi connectivity index (χ1) is 14.3. The number of fused-ring (bicyclic) bond motifs is 1. The number of ether oxygens (including phenoxy) is 1. The van der Waals surface area contributed by atoms with Gasteiger partial charge in [-0.1, -0.05) is 42.3 Å². The van der Waals surface area contributed by atoms with E-state index in [0.29, 0.717) is 22.6 Å². The summed E-state index contributed by atoms with van der Waals surface area (Å²) in [5, 5.41) is 15.2. The van der Waals surface area contributed by atoms with E-state index >= 15 is 0 Å². The van der Waals surface area contributed by atoms with Crippen LogP contribution in [0.5, 0.6) is 11.5 Å². The molecule has 0 spiro atoms. The molecular formula is C24H19N3O2. The van der Waals surface area contributed by atoms with E-state index in [1.54, 1.807) is 12.4 Å². The second-order valence-electron chi connectivity index (χ2n) is 6.43. The molecule has 0 saturated carbocycles. The molecule has 2 N–H and O–H groups in total. The number of phenols is 1. The number of terminal acetylenes is 1. The van der Waals surface area contributed by atoms with Crippen LogP contribution in [0, 0.1) is 12.3 Å². The van der Waals surface area contributed by atoms with Crippen LogP contribution in [0.3, 0.4) is 0 Å². The highest BCUT2D eigenvalue weighted by atomic mass is 16.5. The number of aromatic hydroxyl groups is 1. The molecule has 0 unspecified atom stereocenters. The molecule has 0 aliphatic rings. The molecule has 0 aliphatic heterocycles. The van der Waals surface area contributed by atoms with Crippen LogP contribution in [0.1, 0.15) is 17.2 Å². The van der Waals surface area contributed by atoms with E-state index in [1.165, 1.54) is 0 Å². The summed E-state index contributed by atoms with van der Waals surface area (Å²) in [6.07, 6.45) is 8.64. The van der Waals surface area contributed by atoms with Gasteiger partial charge in [0.25, 0.3) is 0 Å². The highest BCUT2D eigenvalue weighted by molar-refractivity contribution is 5.86. The van der Waals surface area contributed by atoms with Crippen molar-refractivity contribution >= 4 is 16.7 Å². The van der Waals surface area contributed by atoms with Gasteiger partial charge in [0.2, 0.25) is 0 Å². The lowest BCUT2D eigenvalue weighted by Gasteiger charge is -2.22. The fraction of sp³-hybridized carbons (Fsp3) is 0.0833. The molecule has 0 bridgehead atoms. The molecule has 2 aromatic carbocycles. The quantitative estimate of drug-likeness (QED) is 0.480. The maximum Gasteiger partial charge on any atom is 0.148 e. The molecular weight excluding hydrogens is 362 g/mol. The van der Waals surface area contributed by atoms with Gasteiger partial charge in [-0.2, -0.15) is 0 Å². The molecule has 2 aromatic heterocycles. The summed E-state index contributed by atoms with van der Waals surface area (Å²) in [4.78, 5) is 8.70. The number of benzene rings is 2. The molecule has 0 radical (unpaired) electrons. The summed E-state index contributed by atoms with van der Waals surface area (Å²) in [5.41, 5.74) is 2.21. The van der Waals surface area contributed by atoms with Crippen molar-refractivity contribution in [2.75, 3.05) is 11.9 Å². The van der Waals surface area contributed by atoms with Crippen molar-refractivity contribution in [3.05, 3.63) is 90.3 Å². The Morgan fingerprint density at radius 3 is 2.55 bits per heavy atom. The van der Waals surface area contributed by atoms with Gasteiger partial charge in [-0.05, 0) is 35.9 Å². The highest BCUT2D eigenvalue weighted by Gasteiger charge is 2.20. The minimum absolute atomic E-state index is 0.143. The minimum Gasteiger partial charge on any atom is -0.505 e. The molecule has 4 aromatic rings. The van der Waals surface area contributed by atoms with Gasteiger partial charge in [0.05, 0.1) is 6.04 Å². The maximum atomic E-state index is 11.0. The van der Waals surface area contributed by atoms with Crippen molar-refractivity contribution < 1.29 is 9.84 Å². The zero-order chi connectivity index (χ0) is 20.1. The molecule has 1 atom stereocenters. The first-order valence-corrected chi connectivity index (χ1v) is 9.16. The second kappa shape index (κ2) is 8.32. The molecule has 0 amide bonds. The monoisotopic (exact) mass is 381 g/mol. The van der Waals surface area contributed by atoms with Crippen LogP contribution < -0.4 is 10.1 Å². The first-order valence-electron chi connectivity index (χ1n) is 9.16. The van der Waals surface area contributed by atoms with Crippen molar-refractivity contribution in [1.29, 1.82) is 0 Å². The van der Waals surface area contributed by atoms with Gasteiger partial charge in [0, 0.05) is 23.3 Å². The number of phenolic OH excluding ortho intramolecular Hbond substituents is 1. The van der Waals surface area contributed by atoms with Crippen LogP contribution in [-0.4, -0.2) is 21.7 Å². The Balaban J connectivity index is 1.77. The van der Waals surface area contributed by atoms with Gasteiger partial charge < -0.3 is 15.2 Å². The van der Waals surface area contributed by atoms with Gasteiger partial charge in [0.1, 0.15) is 29.4 Å². The third-order valence-electron chi connectivity index (χ3n) is 4.58. The minimum atomic E-state index is -0.335. The van der Waals surface area contributed by atoms with Gasteiger partial charge >= 0.3 is 0 Å². The molecule has 4 rings (SSSR count). The predicted molar refractivity (Wildman–Crippen MR) is 114 cm³/mol. The first kappa shape index (κ1) is 18.3. The lowest BCUT2D eigenvalue weighted by atomic mass is 9.96. The molecule has 0 saturated heterocycles. The predicted octanol–water partition coefficient (Wildman–Crippen LogP) is 4.55. The average molecular weight is 381 g/mol. The van der Waals surface area contributed by atoms with Crippen LogP contribution in [0.4, 0.5) is 5.82 Å². The third-order valence-corrected chi connectivity index (χ3v) is 4.58. The summed E-state index contributed by atoms with van der Waals surface area (Å²) < 4.78 is 5.47. The number of nitrogens with one attached hydrogen (secondary N) is 1. The summed E-state index contributed by atoms with van der Waals surface area (Å²) in [7, 11) is 0. The van der Waals surface area contributed by atoms with Crippen molar-refractivity contribution in [3.8, 4) is 23.8 Å². The van der Waals surface area contributed by atoms with Crippen LogP contribution in [0.25, 0.3) is 10.9 Å². The highest BCUT2D eigenvalue weighted by Crippen LogP contribution is 2.36. The largest absolute Gasteiger partial charge is 0.505 e. The summed E-state index contributed by atoms with van der Waals surface area (Å²) in [6, 6.07) is 20.5. The Bertz CT molecular complexity index is 1150. The van der Waals surface area contributed by atoms with E-state index in [0.717, 1.165) is 10.9 Å². The lowest BCUT2D eigenvalue weighted by Crippen LogP contribution is -2.13. The number of aromatic nitrogens is 2. The average Bonchev–Trinajstić information content (AvgIpc) is 2.78. The summed E-state index contributed by atoms with van der Waals surface area (Å²) >= 11 is 0. The standard InChI is InChI=1S/C24H19N3O2/c1-2-16-29-19-11-8-18(9-12-19)22(27-21-7-3-4-14-25-21)20-13-10-17-6-5-15-26-23(17)24(20)28/h1,3-15,22,28H,16H2,(H,25,27)/t22-/m0/s1. The number of anilines is 1. The molecule has 0 aliphatic carbocycles. The van der Waals surface area contributed by atoms with E-state index in [9.17, 15) is 5.11 Å². The molecule has 29 heavy (non-hydrogen) atoms. The number of hydrogen-bond donors (Lipinski definition) is 2. The Morgan fingerprint density at radius 2 is 1.79 bits per heavy atom. The zero-order valence-corrected chi connectivity index (χ0v) is 15.6. The Hall–Kier alpha value is -4.04. The third kappa shape index (κ3) is 3.97.